The van der Waals surface area contributed by atoms with E-state index in [0.29, 0.717) is 22.6 Å². The van der Waals surface area contributed by atoms with E-state index in [0.717, 1.165) is 0 Å². The topological polar surface area (TPSA) is 59.3 Å². The van der Waals surface area contributed by atoms with Gasteiger partial charge in [-0.15, -0.1) is 0 Å². The first-order chi connectivity index (χ1) is 6.76. The number of carbonyl (C=O) groups excluding carboxylic acids is 1. The van der Waals surface area contributed by atoms with Crippen molar-refractivity contribution < 1.29 is 14.3 Å². The zero-order valence-corrected chi connectivity index (χ0v) is 7.53. The lowest BCUT2D eigenvalue weighted by Crippen LogP contribution is -1.98. The number of Topliss-reactive ketones (excluding diaryl/α,β-unsaturated/α-hetero) is 1. The minimum absolute atomic E-state index is 0.0111. The zero-order chi connectivity index (χ0) is 10.1. The maximum Gasteiger partial charge on any atom is 0.204 e. The molecule has 14 heavy (non-hydrogen) atoms. The summed E-state index contributed by atoms with van der Waals surface area (Å²) in [7, 11) is 1.49. The molecule has 0 saturated carbocycles. The molecule has 70 valence electrons. The lowest BCUT2D eigenvalue weighted by atomic mass is 10.1. The van der Waals surface area contributed by atoms with Gasteiger partial charge >= 0.3 is 0 Å². The normalized spacial score (nSPS) is 13.0. The van der Waals surface area contributed by atoms with Gasteiger partial charge in [0.2, 0.25) is 5.78 Å². The van der Waals surface area contributed by atoms with Gasteiger partial charge in [0.1, 0.15) is 17.6 Å². The highest BCUT2D eigenvalue weighted by molar-refractivity contribution is 6.03. The molecule has 1 aliphatic rings. The van der Waals surface area contributed by atoms with Crippen molar-refractivity contribution in [1.29, 1.82) is 5.26 Å². The van der Waals surface area contributed by atoms with E-state index >= 15 is 0 Å². The van der Waals surface area contributed by atoms with E-state index in [1.54, 1.807) is 12.1 Å². The molecule has 0 atom stereocenters. The van der Waals surface area contributed by atoms with Gasteiger partial charge in [-0.05, 0) is 6.07 Å². The van der Waals surface area contributed by atoms with E-state index in [1.165, 1.54) is 7.11 Å². The molecule has 0 unspecified atom stereocenters. The summed E-state index contributed by atoms with van der Waals surface area (Å²) in [5, 5.41) is 8.81. The van der Waals surface area contributed by atoms with E-state index in [9.17, 15) is 4.79 Å². The second-order valence-corrected chi connectivity index (χ2v) is 2.88. The van der Waals surface area contributed by atoms with Crippen molar-refractivity contribution in [3.63, 3.8) is 0 Å². The van der Waals surface area contributed by atoms with E-state index in [2.05, 4.69) is 0 Å². The van der Waals surface area contributed by atoms with Crippen LogP contribution in [0.2, 0.25) is 0 Å². The Kier molecular flexibility index (Phi) is 1.86. The smallest absolute Gasteiger partial charge is 0.204 e. The summed E-state index contributed by atoms with van der Waals surface area (Å²) in [4.78, 5) is 11.3. The van der Waals surface area contributed by atoms with Crippen molar-refractivity contribution in [3.05, 3.63) is 23.3 Å². The molecule has 1 aromatic rings. The Morgan fingerprint density at radius 3 is 3.00 bits per heavy atom. The molecule has 0 N–H and O–H groups in total. The predicted molar refractivity (Wildman–Crippen MR) is 47.5 cm³/mol. The van der Waals surface area contributed by atoms with Crippen LogP contribution in [0.5, 0.6) is 11.5 Å². The quantitative estimate of drug-likeness (QED) is 0.664. The van der Waals surface area contributed by atoms with Gasteiger partial charge in [-0.3, -0.25) is 4.79 Å². The summed E-state index contributed by atoms with van der Waals surface area (Å²) in [5.74, 6) is 0.757. The lowest BCUT2D eigenvalue weighted by Gasteiger charge is -2.03. The molecule has 1 aliphatic heterocycles. The molecule has 0 aliphatic carbocycles. The van der Waals surface area contributed by atoms with Crippen LogP contribution in [0.4, 0.5) is 0 Å². The van der Waals surface area contributed by atoms with Crippen LogP contribution in [0, 0.1) is 11.3 Å². The average Bonchev–Trinajstić information content (AvgIpc) is 2.59. The number of benzene rings is 1. The largest absolute Gasteiger partial charge is 0.497 e. The van der Waals surface area contributed by atoms with Crippen molar-refractivity contribution in [3.8, 4) is 17.6 Å². The Morgan fingerprint density at radius 1 is 1.57 bits per heavy atom. The molecule has 0 saturated heterocycles. The summed E-state index contributed by atoms with van der Waals surface area (Å²) in [6.45, 7) is 0.0111. The summed E-state index contributed by atoms with van der Waals surface area (Å²) in [6, 6.07) is 5.11. The maximum atomic E-state index is 11.3. The first-order valence-electron chi connectivity index (χ1n) is 4.04. The molecule has 4 nitrogen and oxygen atoms in total. The third-order valence-electron chi connectivity index (χ3n) is 2.07. The number of carbonyl (C=O) groups is 1. The number of methoxy groups -OCH3 is 1. The lowest BCUT2D eigenvalue weighted by molar-refractivity contribution is 0.0961. The van der Waals surface area contributed by atoms with Crippen molar-refractivity contribution in [2.24, 2.45) is 0 Å². The monoisotopic (exact) mass is 189 g/mol. The number of rotatable bonds is 1. The third-order valence-corrected chi connectivity index (χ3v) is 2.07. The first kappa shape index (κ1) is 8.57. The molecule has 4 heteroatoms. The van der Waals surface area contributed by atoms with E-state index in [4.69, 9.17) is 14.7 Å². The Hall–Kier alpha value is -2.02. The highest BCUT2D eigenvalue weighted by Gasteiger charge is 2.25. The van der Waals surface area contributed by atoms with E-state index in [-0.39, 0.29) is 12.4 Å². The highest BCUT2D eigenvalue weighted by Crippen LogP contribution is 2.33. The van der Waals surface area contributed by atoms with Crippen LogP contribution in [-0.2, 0) is 0 Å². The standard InChI is InChI=1S/C10H7NO3/c1-13-7-2-6(4-11)10-8(3-7)9(12)5-14-10/h2-3H,5H2,1H3. The van der Waals surface area contributed by atoms with Gasteiger partial charge in [0.05, 0.1) is 18.2 Å². The van der Waals surface area contributed by atoms with Crippen LogP contribution in [0.25, 0.3) is 0 Å². The van der Waals surface area contributed by atoms with Gasteiger partial charge in [0.15, 0.2) is 6.61 Å². The number of hydrogen-bond acceptors (Lipinski definition) is 4. The Labute approximate surface area is 80.7 Å². The van der Waals surface area contributed by atoms with Gasteiger partial charge in [-0.25, -0.2) is 0 Å². The van der Waals surface area contributed by atoms with Crippen molar-refractivity contribution in [2.45, 2.75) is 0 Å². The maximum absolute atomic E-state index is 11.3. The molecule has 0 spiro atoms. The summed E-state index contributed by atoms with van der Waals surface area (Å²) < 4.78 is 10.1. The number of fused-ring (bicyclic) bond motifs is 1. The van der Waals surface area contributed by atoms with Crippen molar-refractivity contribution >= 4 is 5.78 Å². The summed E-state index contributed by atoms with van der Waals surface area (Å²) >= 11 is 0. The van der Waals surface area contributed by atoms with Gasteiger partial charge in [-0.1, -0.05) is 0 Å². The minimum atomic E-state index is -0.115. The van der Waals surface area contributed by atoms with E-state index < -0.39 is 0 Å². The van der Waals surface area contributed by atoms with Crippen LogP contribution in [0.3, 0.4) is 0 Å². The fraction of sp³-hybridized carbons (Fsp3) is 0.200. The number of hydrogen-bond donors (Lipinski definition) is 0. The van der Waals surface area contributed by atoms with Crippen LogP contribution in [0.1, 0.15) is 15.9 Å². The molecule has 0 aromatic heterocycles. The highest BCUT2D eigenvalue weighted by atomic mass is 16.5. The average molecular weight is 189 g/mol. The van der Waals surface area contributed by atoms with Gasteiger partial charge in [0.25, 0.3) is 0 Å². The van der Waals surface area contributed by atoms with Crippen LogP contribution < -0.4 is 9.47 Å². The molecule has 0 amide bonds. The predicted octanol–water partition coefficient (Wildman–Crippen LogP) is 1.14. The summed E-state index contributed by atoms with van der Waals surface area (Å²) in [5.41, 5.74) is 0.770. The van der Waals surface area contributed by atoms with Gasteiger partial charge < -0.3 is 9.47 Å². The van der Waals surface area contributed by atoms with Crippen LogP contribution in [0.15, 0.2) is 12.1 Å². The number of nitriles is 1. The fourth-order valence-corrected chi connectivity index (χ4v) is 1.38. The fourth-order valence-electron chi connectivity index (χ4n) is 1.38. The molecule has 0 radical (unpaired) electrons. The first-order valence-corrected chi connectivity index (χ1v) is 4.04. The molecule has 0 bridgehead atoms. The SMILES string of the molecule is COc1cc(C#N)c2c(c1)C(=O)CO2. The van der Waals surface area contributed by atoms with Crippen LogP contribution >= 0.6 is 0 Å². The second-order valence-electron chi connectivity index (χ2n) is 2.88. The molecule has 2 rings (SSSR count). The molecular weight excluding hydrogens is 182 g/mol. The van der Waals surface area contributed by atoms with Crippen LogP contribution in [-0.4, -0.2) is 19.5 Å². The van der Waals surface area contributed by atoms with Gasteiger partial charge in [-0.2, -0.15) is 5.26 Å². The summed E-state index contributed by atoms with van der Waals surface area (Å²) in [6.07, 6.45) is 0. The van der Waals surface area contributed by atoms with Crippen molar-refractivity contribution in [2.75, 3.05) is 13.7 Å². The minimum Gasteiger partial charge on any atom is -0.497 e. The molecular formula is C10H7NO3. The molecule has 0 fully saturated rings. The van der Waals surface area contributed by atoms with Gasteiger partial charge in [0, 0.05) is 6.07 Å². The third kappa shape index (κ3) is 1.11. The zero-order valence-electron chi connectivity index (χ0n) is 7.53. The number of ether oxygens (including phenoxy) is 2. The van der Waals surface area contributed by atoms with Crippen molar-refractivity contribution in [1.82, 2.24) is 0 Å². The molecule has 1 heterocycles. The number of ketones is 1. The Balaban J connectivity index is 2.65. The second kappa shape index (κ2) is 3.04. The molecule has 1 aromatic carbocycles. The number of nitrogens with zero attached hydrogens (tertiary/aromatic N) is 1. The Bertz CT molecular complexity index is 445. The van der Waals surface area contributed by atoms with E-state index in [1.807, 2.05) is 6.07 Å². The Morgan fingerprint density at radius 2 is 2.36 bits per heavy atom.